The lowest BCUT2D eigenvalue weighted by Gasteiger charge is -2.38. The molecule has 1 N–H and O–H groups in total. The van der Waals surface area contributed by atoms with Crippen molar-refractivity contribution in [3.63, 3.8) is 0 Å². The van der Waals surface area contributed by atoms with E-state index in [2.05, 4.69) is 51.9 Å². The molecule has 0 heterocycles. The van der Waals surface area contributed by atoms with Gasteiger partial charge in [-0.2, -0.15) is 0 Å². The fourth-order valence-electron chi connectivity index (χ4n) is 3.72. The number of hydrogen-bond acceptors (Lipinski definition) is 2. The topological polar surface area (TPSA) is 15.3 Å². The second-order valence-corrected chi connectivity index (χ2v) is 6.63. The zero-order valence-corrected chi connectivity index (χ0v) is 13.4. The van der Waals surface area contributed by atoms with Crippen molar-refractivity contribution in [3.05, 3.63) is 0 Å². The van der Waals surface area contributed by atoms with Gasteiger partial charge < -0.3 is 5.32 Å². The van der Waals surface area contributed by atoms with E-state index in [9.17, 15) is 0 Å². The third-order valence-corrected chi connectivity index (χ3v) is 5.14. The molecule has 0 bridgehead atoms. The molecule has 2 nitrogen and oxygen atoms in total. The quantitative estimate of drug-likeness (QED) is 0.748. The minimum Gasteiger partial charge on any atom is -0.315 e. The average Bonchev–Trinajstić information content (AvgIpc) is 2.66. The van der Waals surface area contributed by atoms with Gasteiger partial charge in [0.15, 0.2) is 0 Å². The summed E-state index contributed by atoms with van der Waals surface area (Å²) in [5, 5.41) is 3.59. The van der Waals surface area contributed by atoms with Crippen molar-refractivity contribution in [2.75, 3.05) is 20.1 Å². The molecule has 0 aromatic heterocycles. The fraction of sp³-hybridized carbons (Fsp3) is 1.00. The lowest BCUT2D eigenvalue weighted by atomic mass is 9.86. The van der Waals surface area contributed by atoms with Gasteiger partial charge in [0.05, 0.1) is 0 Å². The lowest BCUT2D eigenvalue weighted by molar-refractivity contribution is 0.132. The molecular formula is C16H34N2. The van der Waals surface area contributed by atoms with Gasteiger partial charge in [-0.05, 0) is 37.8 Å². The molecule has 1 fully saturated rings. The first-order chi connectivity index (χ1) is 8.50. The molecule has 2 unspecified atom stereocenters. The Balaban J connectivity index is 2.70. The smallest absolute Gasteiger partial charge is 0.0271 e. The van der Waals surface area contributed by atoms with Crippen LogP contribution in [-0.4, -0.2) is 37.1 Å². The van der Waals surface area contributed by atoms with E-state index in [4.69, 9.17) is 0 Å². The van der Waals surface area contributed by atoms with Gasteiger partial charge in [0.1, 0.15) is 0 Å². The second kappa shape index (κ2) is 6.91. The molecule has 0 radical (unpaired) electrons. The maximum Gasteiger partial charge on any atom is 0.0271 e. The first-order valence-electron chi connectivity index (χ1n) is 7.91. The van der Waals surface area contributed by atoms with Crippen molar-refractivity contribution in [1.29, 1.82) is 0 Å². The van der Waals surface area contributed by atoms with Crippen molar-refractivity contribution >= 4 is 0 Å². The highest BCUT2D eigenvalue weighted by molar-refractivity contribution is 5.00. The van der Waals surface area contributed by atoms with Crippen LogP contribution in [0.15, 0.2) is 0 Å². The minimum absolute atomic E-state index is 0.445. The van der Waals surface area contributed by atoms with E-state index in [0.29, 0.717) is 11.5 Å². The Morgan fingerprint density at radius 1 is 1.22 bits per heavy atom. The van der Waals surface area contributed by atoms with Crippen molar-refractivity contribution in [1.82, 2.24) is 10.2 Å². The van der Waals surface area contributed by atoms with Gasteiger partial charge >= 0.3 is 0 Å². The van der Waals surface area contributed by atoms with Gasteiger partial charge in [-0.25, -0.2) is 0 Å². The molecule has 1 saturated carbocycles. The van der Waals surface area contributed by atoms with Crippen molar-refractivity contribution in [2.24, 2.45) is 11.3 Å². The molecule has 108 valence electrons. The Hall–Kier alpha value is -0.0800. The molecule has 2 atom stereocenters. The third kappa shape index (κ3) is 3.48. The van der Waals surface area contributed by atoms with E-state index in [0.717, 1.165) is 12.0 Å². The second-order valence-electron chi connectivity index (χ2n) is 6.63. The number of likely N-dealkylation sites (N-methyl/N-ethyl adjacent to an activating group) is 2. The van der Waals surface area contributed by atoms with E-state index < -0.39 is 0 Å². The molecule has 0 spiro atoms. The first kappa shape index (κ1) is 16.0. The predicted molar refractivity (Wildman–Crippen MR) is 81.0 cm³/mol. The Morgan fingerprint density at radius 2 is 1.83 bits per heavy atom. The molecule has 0 aromatic rings. The maximum atomic E-state index is 3.59. The van der Waals surface area contributed by atoms with Crippen LogP contribution in [0.2, 0.25) is 0 Å². The molecule has 0 amide bonds. The third-order valence-electron chi connectivity index (χ3n) is 5.14. The summed E-state index contributed by atoms with van der Waals surface area (Å²) >= 11 is 0. The zero-order valence-electron chi connectivity index (χ0n) is 13.4. The van der Waals surface area contributed by atoms with Gasteiger partial charge in [-0.15, -0.1) is 0 Å². The summed E-state index contributed by atoms with van der Waals surface area (Å²) in [5.41, 5.74) is 0.445. The Morgan fingerprint density at radius 3 is 2.28 bits per heavy atom. The molecule has 0 saturated heterocycles. The number of nitrogens with one attached hydrogen (secondary N) is 1. The summed E-state index contributed by atoms with van der Waals surface area (Å²) in [6, 6.07) is 1.38. The van der Waals surface area contributed by atoms with E-state index in [1.54, 1.807) is 0 Å². The Kier molecular flexibility index (Phi) is 6.13. The largest absolute Gasteiger partial charge is 0.315 e. The molecule has 0 aromatic carbocycles. The van der Waals surface area contributed by atoms with E-state index in [1.807, 2.05) is 0 Å². The number of nitrogens with zero attached hydrogens (tertiary/aromatic N) is 1. The van der Waals surface area contributed by atoms with Crippen molar-refractivity contribution in [3.8, 4) is 0 Å². The highest BCUT2D eigenvalue weighted by Gasteiger charge is 2.43. The molecule has 1 aliphatic carbocycles. The molecule has 1 aliphatic rings. The first-order valence-corrected chi connectivity index (χ1v) is 7.91. The molecule has 2 heteroatoms. The normalized spacial score (nSPS) is 27.3. The average molecular weight is 254 g/mol. The van der Waals surface area contributed by atoms with E-state index in [1.165, 1.54) is 38.8 Å². The van der Waals surface area contributed by atoms with Crippen LogP contribution in [0, 0.1) is 11.3 Å². The summed E-state index contributed by atoms with van der Waals surface area (Å²) < 4.78 is 0. The van der Waals surface area contributed by atoms with Crippen molar-refractivity contribution < 1.29 is 0 Å². The summed E-state index contributed by atoms with van der Waals surface area (Å²) in [7, 11) is 2.13. The summed E-state index contributed by atoms with van der Waals surface area (Å²) in [6.07, 6.45) is 5.33. The van der Waals surface area contributed by atoms with Gasteiger partial charge in [-0.1, -0.05) is 47.5 Å². The van der Waals surface area contributed by atoms with E-state index in [-0.39, 0.29) is 0 Å². The Bertz CT molecular complexity index is 233. The summed E-state index contributed by atoms with van der Waals surface area (Å²) in [5.74, 6) is 0.867. The molecule has 0 aliphatic heterocycles. The summed E-state index contributed by atoms with van der Waals surface area (Å²) in [4.78, 5) is 2.73. The van der Waals surface area contributed by atoms with Gasteiger partial charge in [0, 0.05) is 18.6 Å². The van der Waals surface area contributed by atoms with Gasteiger partial charge in [0.25, 0.3) is 0 Å². The van der Waals surface area contributed by atoms with Gasteiger partial charge in [-0.3, -0.25) is 4.90 Å². The predicted octanol–water partition coefficient (Wildman–Crippen LogP) is 3.52. The zero-order chi connectivity index (χ0) is 13.8. The maximum absolute atomic E-state index is 3.59. The van der Waals surface area contributed by atoms with Crippen LogP contribution in [0.1, 0.15) is 60.3 Å². The highest BCUT2D eigenvalue weighted by Crippen LogP contribution is 2.40. The van der Waals surface area contributed by atoms with Crippen LogP contribution in [0.5, 0.6) is 0 Å². The number of hydrogen-bond donors (Lipinski definition) is 1. The minimum atomic E-state index is 0.445. The van der Waals surface area contributed by atoms with Gasteiger partial charge in [0.2, 0.25) is 0 Å². The molecular weight excluding hydrogens is 220 g/mol. The van der Waals surface area contributed by atoms with Crippen LogP contribution < -0.4 is 5.32 Å². The highest BCUT2D eigenvalue weighted by atomic mass is 15.2. The van der Waals surface area contributed by atoms with Crippen LogP contribution in [0.3, 0.4) is 0 Å². The SMILES string of the molecule is CCC(CC)CN(CC)C1CCC(C)(C)C1NC. The lowest BCUT2D eigenvalue weighted by Crippen LogP contribution is -2.51. The van der Waals surface area contributed by atoms with Crippen LogP contribution >= 0.6 is 0 Å². The summed E-state index contributed by atoms with van der Waals surface area (Å²) in [6.45, 7) is 14.3. The standard InChI is InChI=1S/C16H34N2/c1-7-13(8-2)12-18(9-3)14-10-11-16(4,5)15(14)17-6/h13-15,17H,7-12H2,1-6H3. The molecule has 1 rings (SSSR count). The van der Waals surface area contributed by atoms with E-state index >= 15 is 0 Å². The monoisotopic (exact) mass is 254 g/mol. The molecule has 18 heavy (non-hydrogen) atoms. The number of rotatable bonds is 7. The van der Waals surface area contributed by atoms with Crippen LogP contribution in [0.25, 0.3) is 0 Å². The Labute approximate surface area is 115 Å². The fourth-order valence-corrected chi connectivity index (χ4v) is 3.72. The van der Waals surface area contributed by atoms with Crippen LogP contribution in [0.4, 0.5) is 0 Å². The van der Waals surface area contributed by atoms with Crippen LogP contribution in [-0.2, 0) is 0 Å². The van der Waals surface area contributed by atoms with Crippen molar-refractivity contribution in [2.45, 2.75) is 72.4 Å².